The van der Waals surface area contributed by atoms with Gasteiger partial charge in [-0.15, -0.1) is 0 Å². The number of rotatable bonds is 4. The number of nitrogens with two attached hydrogens (primary N) is 1. The molecule has 0 radical (unpaired) electrons. The minimum Gasteiger partial charge on any atom is -0.475 e. The first-order valence-electron chi connectivity index (χ1n) is 6.61. The highest BCUT2D eigenvalue weighted by molar-refractivity contribution is 5.22. The van der Waals surface area contributed by atoms with E-state index in [9.17, 15) is 4.39 Å². The largest absolute Gasteiger partial charge is 0.475 e. The SMILES string of the molecule is CCCN1CCC(N)CC1Oc1ccc(F)cc1. The van der Waals surface area contributed by atoms with Crippen molar-refractivity contribution < 1.29 is 9.13 Å². The lowest BCUT2D eigenvalue weighted by Crippen LogP contribution is -2.49. The number of piperidine rings is 1. The van der Waals surface area contributed by atoms with Crippen LogP contribution in [-0.2, 0) is 0 Å². The molecule has 100 valence electrons. The second-order valence-electron chi connectivity index (χ2n) is 4.85. The van der Waals surface area contributed by atoms with Gasteiger partial charge in [0.15, 0.2) is 6.23 Å². The molecule has 2 N–H and O–H groups in total. The van der Waals surface area contributed by atoms with Crippen molar-refractivity contribution in [1.29, 1.82) is 0 Å². The number of halogens is 1. The Bertz CT molecular complexity index is 369. The van der Waals surface area contributed by atoms with Gasteiger partial charge in [0.1, 0.15) is 11.6 Å². The highest BCUT2D eigenvalue weighted by Gasteiger charge is 2.27. The molecule has 3 nitrogen and oxygen atoms in total. The maximum Gasteiger partial charge on any atom is 0.154 e. The third-order valence-electron chi connectivity index (χ3n) is 3.30. The summed E-state index contributed by atoms with van der Waals surface area (Å²) >= 11 is 0. The average molecular weight is 252 g/mol. The lowest BCUT2D eigenvalue weighted by Gasteiger charge is -2.38. The van der Waals surface area contributed by atoms with E-state index in [2.05, 4.69) is 11.8 Å². The Kier molecular flexibility index (Phi) is 4.55. The van der Waals surface area contributed by atoms with Crippen LogP contribution in [0.15, 0.2) is 24.3 Å². The third-order valence-corrected chi connectivity index (χ3v) is 3.30. The lowest BCUT2D eigenvalue weighted by molar-refractivity contribution is -0.0101. The maximum atomic E-state index is 12.8. The zero-order chi connectivity index (χ0) is 13.0. The number of ether oxygens (including phenoxy) is 1. The fraction of sp³-hybridized carbons (Fsp3) is 0.571. The van der Waals surface area contributed by atoms with Gasteiger partial charge in [-0.25, -0.2) is 4.39 Å². The van der Waals surface area contributed by atoms with Crippen molar-refractivity contribution in [3.63, 3.8) is 0 Å². The quantitative estimate of drug-likeness (QED) is 0.894. The molecule has 0 spiro atoms. The van der Waals surface area contributed by atoms with E-state index >= 15 is 0 Å². The summed E-state index contributed by atoms with van der Waals surface area (Å²) in [6.45, 7) is 4.14. The summed E-state index contributed by atoms with van der Waals surface area (Å²) in [5, 5.41) is 0. The van der Waals surface area contributed by atoms with Gasteiger partial charge < -0.3 is 10.5 Å². The van der Waals surface area contributed by atoms with Crippen molar-refractivity contribution in [2.75, 3.05) is 13.1 Å². The van der Waals surface area contributed by atoms with E-state index in [0.29, 0.717) is 5.75 Å². The summed E-state index contributed by atoms with van der Waals surface area (Å²) < 4.78 is 18.8. The molecular formula is C14H21FN2O. The highest BCUT2D eigenvalue weighted by atomic mass is 19.1. The van der Waals surface area contributed by atoms with Crippen LogP contribution >= 0.6 is 0 Å². The van der Waals surface area contributed by atoms with Gasteiger partial charge in [0, 0.05) is 25.6 Å². The normalized spacial score (nSPS) is 25.1. The van der Waals surface area contributed by atoms with E-state index in [1.165, 1.54) is 12.1 Å². The van der Waals surface area contributed by atoms with Crippen LogP contribution in [0.4, 0.5) is 4.39 Å². The topological polar surface area (TPSA) is 38.5 Å². The Hall–Kier alpha value is -1.13. The monoisotopic (exact) mass is 252 g/mol. The Morgan fingerprint density at radius 1 is 1.39 bits per heavy atom. The predicted molar refractivity (Wildman–Crippen MR) is 69.9 cm³/mol. The van der Waals surface area contributed by atoms with Crippen LogP contribution < -0.4 is 10.5 Å². The molecule has 1 aromatic rings. The summed E-state index contributed by atoms with van der Waals surface area (Å²) in [5.41, 5.74) is 5.99. The van der Waals surface area contributed by atoms with Gasteiger partial charge in [-0.3, -0.25) is 4.90 Å². The summed E-state index contributed by atoms with van der Waals surface area (Å²) in [5.74, 6) is 0.463. The van der Waals surface area contributed by atoms with E-state index in [1.807, 2.05) is 0 Å². The van der Waals surface area contributed by atoms with Crippen LogP contribution in [0.2, 0.25) is 0 Å². The molecule has 0 saturated carbocycles. The van der Waals surface area contributed by atoms with Crippen LogP contribution in [-0.4, -0.2) is 30.3 Å². The van der Waals surface area contributed by atoms with Crippen molar-refractivity contribution in [2.45, 2.75) is 38.5 Å². The van der Waals surface area contributed by atoms with Crippen LogP contribution in [0.25, 0.3) is 0 Å². The molecule has 2 rings (SSSR count). The Morgan fingerprint density at radius 2 is 2.11 bits per heavy atom. The molecule has 0 bridgehead atoms. The lowest BCUT2D eigenvalue weighted by atomic mass is 10.0. The Labute approximate surface area is 108 Å². The molecule has 0 amide bonds. The molecule has 1 fully saturated rings. The molecule has 2 unspecified atom stereocenters. The van der Waals surface area contributed by atoms with E-state index in [4.69, 9.17) is 10.5 Å². The number of likely N-dealkylation sites (tertiary alicyclic amines) is 1. The average Bonchev–Trinajstić information content (AvgIpc) is 2.36. The van der Waals surface area contributed by atoms with Crippen molar-refractivity contribution in [3.8, 4) is 5.75 Å². The van der Waals surface area contributed by atoms with E-state index in [1.54, 1.807) is 12.1 Å². The van der Waals surface area contributed by atoms with Gasteiger partial charge in [0.05, 0.1) is 0 Å². The van der Waals surface area contributed by atoms with Crippen molar-refractivity contribution in [2.24, 2.45) is 5.73 Å². The smallest absolute Gasteiger partial charge is 0.154 e. The molecule has 0 aliphatic carbocycles. The zero-order valence-electron chi connectivity index (χ0n) is 10.8. The number of hydrogen-bond acceptors (Lipinski definition) is 3. The fourth-order valence-corrected chi connectivity index (χ4v) is 2.34. The summed E-state index contributed by atoms with van der Waals surface area (Å²) in [7, 11) is 0. The van der Waals surface area contributed by atoms with Crippen molar-refractivity contribution >= 4 is 0 Å². The second kappa shape index (κ2) is 6.16. The summed E-state index contributed by atoms with van der Waals surface area (Å²) in [4.78, 5) is 2.31. The van der Waals surface area contributed by atoms with Crippen LogP contribution in [0.5, 0.6) is 5.75 Å². The molecule has 0 aromatic heterocycles. The Morgan fingerprint density at radius 3 is 2.78 bits per heavy atom. The minimum atomic E-state index is -0.242. The molecule has 1 saturated heterocycles. The molecule has 1 aliphatic rings. The minimum absolute atomic E-state index is 0.0131. The highest BCUT2D eigenvalue weighted by Crippen LogP contribution is 2.21. The summed E-state index contributed by atoms with van der Waals surface area (Å²) in [6, 6.07) is 6.37. The first kappa shape index (κ1) is 13.3. The second-order valence-corrected chi connectivity index (χ2v) is 4.85. The van der Waals surface area contributed by atoms with Crippen molar-refractivity contribution in [1.82, 2.24) is 4.90 Å². The number of hydrogen-bond donors (Lipinski definition) is 1. The summed E-state index contributed by atoms with van der Waals surface area (Å²) in [6.07, 6.45) is 2.96. The van der Waals surface area contributed by atoms with Gasteiger partial charge in [-0.1, -0.05) is 6.92 Å². The molecule has 1 aromatic carbocycles. The first-order chi connectivity index (χ1) is 8.69. The molecule has 2 atom stereocenters. The maximum absolute atomic E-state index is 12.8. The predicted octanol–water partition coefficient (Wildman–Crippen LogP) is 2.36. The van der Waals surface area contributed by atoms with Gasteiger partial charge in [-0.2, -0.15) is 0 Å². The third kappa shape index (κ3) is 3.43. The van der Waals surface area contributed by atoms with Crippen LogP contribution in [0.3, 0.4) is 0 Å². The molecule has 4 heteroatoms. The van der Waals surface area contributed by atoms with Gasteiger partial charge in [0.2, 0.25) is 0 Å². The van der Waals surface area contributed by atoms with E-state index < -0.39 is 0 Å². The molecule has 18 heavy (non-hydrogen) atoms. The van der Waals surface area contributed by atoms with Gasteiger partial charge in [-0.05, 0) is 37.1 Å². The fourth-order valence-electron chi connectivity index (χ4n) is 2.34. The standard InChI is InChI=1S/C14H21FN2O/c1-2-8-17-9-7-12(16)10-14(17)18-13-5-3-11(15)4-6-13/h3-6,12,14H,2,7-10,16H2,1H3. The van der Waals surface area contributed by atoms with Gasteiger partial charge in [0.25, 0.3) is 0 Å². The van der Waals surface area contributed by atoms with Crippen LogP contribution in [0, 0.1) is 5.82 Å². The van der Waals surface area contributed by atoms with Crippen LogP contribution in [0.1, 0.15) is 26.2 Å². The van der Waals surface area contributed by atoms with Gasteiger partial charge >= 0.3 is 0 Å². The molecule has 1 aliphatic heterocycles. The first-order valence-corrected chi connectivity index (χ1v) is 6.61. The van der Waals surface area contributed by atoms with E-state index in [-0.39, 0.29) is 18.1 Å². The van der Waals surface area contributed by atoms with Crippen molar-refractivity contribution in [3.05, 3.63) is 30.1 Å². The Balaban J connectivity index is 2.01. The molecule has 1 heterocycles. The zero-order valence-corrected chi connectivity index (χ0v) is 10.8. The molecular weight excluding hydrogens is 231 g/mol. The number of benzene rings is 1. The van der Waals surface area contributed by atoms with E-state index in [0.717, 1.165) is 32.4 Å². The number of nitrogens with zero attached hydrogens (tertiary/aromatic N) is 1.